The topological polar surface area (TPSA) is 37.9 Å². The highest BCUT2D eigenvalue weighted by molar-refractivity contribution is 5.79. The van der Waals surface area contributed by atoms with Crippen LogP contribution in [0.5, 0.6) is 5.75 Å². The fraction of sp³-hybridized carbons (Fsp3) is 0.235. The first-order chi connectivity index (χ1) is 9.51. The van der Waals surface area contributed by atoms with Crippen molar-refractivity contribution in [1.82, 2.24) is 9.97 Å². The van der Waals surface area contributed by atoms with E-state index in [1.165, 1.54) is 0 Å². The van der Waals surface area contributed by atoms with Crippen LogP contribution >= 0.6 is 0 Å². The SMILES string of the molecule is CC(C)(C)Oc1ccc(-c2nc3ccccc3[nH]2)cc1. The number of aromatic nitrogens is 2. The van der Waals surface area contributed by atoms with Gasteiger partial charge in [-0.3, -0.25) is 0 Å². The summed E-state index contributed by atoms with van der Waals surface area (Å²) in [6.07, 6.45) is 0. The fourth-order valence-electron chi connectivity index (χ4n) is 2.12. The molecule has 0 atom stereocenters. The lowest BCUT2D eigenvalue weighted by atomic mass is 10.1. The van der Waals surface area contributed by atoms with Crippen molar-refractivity contribution >= 4 is 11.0 Å². The number of fused-ring (bicyclic) bond motifs is 1. The Morgan fingerprint density at radius 3 is 2.30 bits per heavy atom. The van der Waals surface area contributed by atoms with Crippen molar-refractivity contribution in [3.05, 3.63) is 48.5 Å². The molecule has 0 spiro atoms. The Hall–Kier alpha value is -2.29. The van der Waals surface area contributed by atoms with E-state index in [1.54, 1.807) is 0 Å². The van der Waals surface area contributed by atoms with E-state index in [9.17, 15) is 0 Å². The third-order valence-corrected chi connectivity index (χ3v) is 2.94. The van der Waals surface area contributed by atoms with Crippen molar-refractivity contribution in [3.8, 4) is 17.1 Å². The van der Waals surface area contributed by atoms with Gasteiger partial charge in [0, 0.05) is 5.56 Å². The van der Waals surface area contributed by atoms with Gasteiger partial charge in [0.05, 0.1) is 11.0 Å². The van der Waals surface area contributed by atoms with Crippen LogP contribution in [0, 0.1) is 0 Å². The highest BCUT2D eigenvalue weighted by Gasteiger charge is 2.12. The molecule has 3 rings (SSSR count). The number of benzene rings is 2. The van der Waals surface area contributed by atoms with Crippen LogP contribution in [0.25, 0.3) is 22.4 Å². The summed E-state index contributed by atoms with van der Waals surface area (Å²) in [4.78, 5) is 7.92. The number of hydrogen-bond acceptors (Lipinski definition) is 2. The Bertz CT molecular complexity index is 688. The molecule has 1 heterocycles. The molecule has 0 aliphatic heterocycles. The first kappa shape index (κ1) is 12.7. The van der Waals surface area contributed by atoms with Crippen molar-refractivity contribution in [1.29, 1.82) is 0 Å². The summed E-state index contributed by atoms with van der Waals surface area (Å²) in [6.45, 7) is 6.13. The molecule has 0 radical (unpaired) electrons. The molecule has 3 aromatic rings. The monoisotopic (exact) mass is 266 g/mol. The maximum atomic E-state index is 5.82. The first-order valence-corrected chi connectivity index (χ1v) is 6.75. The number of para-hydroxylation sites is 2. The van der Waals surface area contributed by atoms with Gasteiger partial charge in [-0.05, 0) is 57.2 Å². The van der Waals surface area contributed by atoms with E-state index in [2.05, 4.69) is 9.97 Å². The third kappa shape index (κ3) is 2.67. The van der Waals surface area contributed by atoms with Gasteiger partial charge in [-0.1, -0.05) is 12.1 Å². The standard InChI is InChI=1S/C17H18N2O/c1-17(2,3)20-13-10-8-12(9-11-13)16-18-14-6-4-5-7-15(14)19-16/h4-11H,1-3H3,(H,18,19). The predicted octanol–water partition coefficient (Wildman–Crippen LogP) is 4.41. The Balaban J connectivity index is 1.90. The molecule has 0 aliphatic rings. The molecular weight excluding hydrogens is 248 g/mol. The zero-order valence-electron chi connectivity index (χ0n) is 12.0. The highest BCUT2D eigenvalue weighted by atomic mass is 16.5. The molecule has 0 amide bonds. The van der Waals surface area contributed by atoms with Gasteiger partial charge in [0.2, 0.25) is 0 Å². The van der Waals surface area contributed by atoms with Crippen LogP contribution < -0.4 is 4.74 Å². The number of ether oxygens (including phenoxy) is 1. The third-order valence-electron chi connectivity index (χ3n) is 2.94. The van der Waals surface area contributed by atoms with Gasteiger partial charge in [0.15, 0.2) is 0 Å². The molecule has 3 nitrogen and oxygen atoms in total. The Kier molecular flexibility index (Phi) is 2.97. The summed E-state index contributed by atoms with van der Waals surface area (Å²) in [5, 5.41) is 0. The van der Waals surface area contributed by atoms with Crippen LogP contribution in [0.3, 0.4) is 0 Å². The highest BCUT2D eigenvalue weighted by Crippen LogP contribution is 2.24. The van der Waals surface area contributed by atoms with E-state index in [4.69, 9.17) is 4.74 Å². The second-order valence-corrected chi connectivity index (χ2v) is 5.84. The normalized spacial score (nSPS) is 11.8. The molecular formula is C17H18N2O. The maximum Gasteiger partial charge on any atom is 0.138 e. The predicted molar refractivity (Wildman–Crippen MR) is 81.9 cm³/mol. The molecule has 1 aromatic heterocycles. The summed E-state index contributed by atoms with van der Waals surface area (Å²) >= 11 is 0. The largest absolute Gasteiger partial charge is 0.488 e. The van der Waals surface area contributed by atoms with E-state index in [1.807, 2.05) is 69.3 Å². The van der Waals surface area contributed by atoms with Crippen molar-refractivity contribution in [2.45, 2.75) is 26.4 Å². The van der Waals surface area contributed by atoms with Crippen LogP contribution in [0.4, 0.5) is 0 Å². The van der Waals surface area contributed by atoms with Crippen LogP contribution in [-0.2, 0) is 0 Å². The lowest BCUT2D eigenvalue weighted by Crippen LogP contribution is -2.22. The van der Waals surface area contributed by atoms with Gasteiger partial charge < -0.3 is 9.72 Å². The summed E-state index contributed by atoms with van der Waals surface area (Å²) in [5.74, 6) is 1.76. The minimum atomic E-state index is -0.180. The molecule has 102 valence electrons. The van der Waals surface area contributed by atoms with Gasteiger partial charge in [0.25, 0.3) is 0 Å². The lowest BCUT2D eigenvalue weighted by Gasteiger charge is -2.21. The second-order valence-electron chi connectivity index (χ2n) is 5.84. The van der Waals surface area contributed by atoms with Gasteiger partial charge in [-0.15, -0.1) is 0 Å². The molecule has 0 aliphatic carbocycles. The minimum Gasteiger partial charge on any atom is -0.488 e. The van der Waals surface area contributed by atoms with Crippen molar-refractivity contribution in [2.75, 3.05) is 0 Å². The molecule has 2 aromatic carbocycles. The van der Waals surface area contributed by atoms with E-state index in [-0.39, 0.29) is 5.60 Å². The molecule has 0 saturated heterocycles. The van der Waals surface area contributed by atoms with Crippen LogP contribution in [-0.4, -0.2) is 15.6 Å². The smallest absolute Gasteiger partial charge is 0.138 e. The molecule has 0 fully saturated rings. The number of H-pyrrole nitrogens is 1. The van der Waals surface area contributed by atoms with Crippen LogP contribution in [0.15, 0.2) is 48.5 Å². The average Bonchev–Trinajstić information content (AvgIpc) is 2.81. The fourth-order valence-corrected chi connectivity index (χ4v) is 2.12. The quantitative estimate of drug-likeness (QED) is 0.746. The summed E-state index contributed by atoms with van der Waals surface area (Å²) in [5.41, 5.74) is 2.92. The molecule has 0 saturated carbocycles. The van der Waals surface area contributed by atoms with E-state index < -0.39 is 0 Å². The molecule has 0 unspecified atom stereocenters. The Morgan fingerprint density at radius 1 is 0.950 bits per heavy atom. The molecule has 20 heavy (non-hydrogen) atoms. The van der Waals surface area contributed by atoms with E-state index in [0.717, 1.165) is 28.2 Å². The number of hydrogen-bond donors (Lipinski definition) is 1. The van der Waals surface area contributed by atoms with E-state index >= 15 is 0 Å². The Labute approximate surface area is 118 Å². The van der Waals surface area contributed by atoms with Crippen molar-refractivity contribution < 1.29 is 4.74 Å². The molecule has 1 N–H and O–H groups in total. The molecule has 3 heteroatoms. The van der Waals surface area contributed by atoms with Crippen molar-refractivity contribution in [3.63, 3.8) is 0 Å². The van der Waals surface area contributed by atoms with Gasteiger partial charge in [-0.25, -0.2) is 4.98 Å². The van der Waals surface area contributed by atoms with Crippen LogP contribution in [0.2, 0.25) is 0 Å². The number of aromatic amines is 1. The summed E-state index contributed by atoms with van der Waals surface area (Å²) in [7, 11) is 0. The number of rotatable bonds is 2. The van der Waals surface area contributed by atoms with E-state index in [0.29, 0.717) is 0 Å². The minimum absolute atomic E-state index is 0.180. The summed E-state index contributed by atoms with van der Waals surface area (Å²) < 4.78 is 5.82. The average molecular weight is 266 g/mol. The zero-order chi connectivity index (χ0) is 14.2. The second kappa shape index (κ2) is 4.67. The molecule has 0 bridgehead atoms. The maximum absolute atomic E-state index is 5.82. The van der Waals surface area contributed by atoms with Gasteiger partial charge in [0.1, 0.15) is 17.2 Å². The summed E-state index contributed by atoms with van der Waals surface area (Å²) in [6, 6.07) is 16.0. The number of nitrogens with one attached hydrogen (secondary N) is 1. The van der Waals surface area contributed by atoms with Gasteiger partial charge in [-0.2, -0.15) is 0 Å². The number of nitrogens with zero attached hydrogens (tertiary/aromatic N) is 1. The number of imidazole rings is 1. The Morgan fingerprint density at radius 2 is 1.65 bits per heavy atom. The first-order valence-electron chi connectivity index (χ1n) is 6.75. The zero-order valence-corrected chi connectivity index (χ0v) is 12.0. The lowest BCUT2D eigenvalue weighted by molar-refractivity contribution is 0.131. The van der Waals surface area contributed by atoms with Crippen LogP contribution in [0.1, 0.15) is 20.8 Å². The van der Waals surface area contributed by atoms with Gasteiger partial charge >= 0.3 is 0 Å². The van der Waals surface area contributed by atoms with Crippen molar-refractivity contribution in [2.24, 2.45) is 0 Å².